The highest BCUT2D eigenvalue weighted by atomic mass is 32.2. The van der Waals surface area contributed by atoms with Crippen molar-refractivity contribution in [2.24, 2.45) is 5.92 Å². The van der Waals surface area contributed by atoms with Crippen molar-refractivity contribution in [3.8, 4) is 6.07 Å². The minimum absolute atomic E-state index is 0.0919. The molecule has 0 radical (unpaired) electrons. The van der Waals surface area contributed by atoms with Gasteiger partial charge in [-0.25, -0.2) is 13.1 Å². The molecule has 0 bridgehead atoms. The topological polar surface area (TPSA) is 70.0 Å². The molecule has 18 heavy (non-hydrogen) atoms. The van der Waals surface area contributed by atoms with Crippen molar-refractivity contribution in [3.05, 3.63) is 35.4 Å². The quantitative estimate of drug-likeness (QED) is 0.881. The first kappa shape index (κ1) is 13.1. The number of benzene rings is 1. The number of nitriles is 1. The van der Waals surface area contributed by atoms with E-state index in [1.807, 2.05) is 6.07 Å². The molecule has 2 unspecified atom stereocenters. The molecular weight excluding hydrogens is 248 g/mol. The van der Waals surface area contributed by atoms with Crippen molar-refractivity contribution in [1.82, 2.24) is 4.72 Å². The van der Waals surface area contributed by atoms with E-state index in [4.69, 9.17) is 5.26 Å². The molecule has 0 amide bonds. The Hall–Kier alpha value is -1.38. The third-order valence-electron chi connectivity index (χ3n) is 3.26. The lowest BCUT2D eigenvalue weighted by Gasteiger charge is -2.07. The van der Waals surface area contributed by atoms with Crippen LogP contribution in [0.4, 0.5) is 0 Å². The molecule has 1 N–H and O–H groups in total. The number of nitrogens with one attached hydrogen (secondary N) is 1. The van der Waals surface area contributed by atoms with Crippen LogP contribution in [-0.2, 0) is 15.8 Å². The summed E-state index contributed by atoms with van der Waals surface area (Å²) in [5, 5.41) is 8.92. The Bertz CT molecular complexity index is 575. The summed E-state index contributed by atoms with van der Waals surface area (Å²) in [6.45, 7) is 2.06. The lowest BCUT2D eigenvalue weighted by Crippen LogP contribution is -2.28. The van der Waals surface area contributed by atoms with Crippen LogP contribution in [0.15, 0.2) is 24.3 Å². The Kier molecular flexibility index (Phi) is 3.69. The molecule has 5 heteroatoms. The first-order chi connectivity index (χ1) is 8.55. The summed E-state index contributed by atoms with van der Waals surface area (Å²) >= 11 is 0. The fourth-order valence-corrected chi connectivity index (χ4v) is 3.57. The van der Waals surface area contributed by atoms with Gasteiger partial charge in [0.05, 0.1) is 17.4 Å². The highest BCUT2D eigenvalue weighted by Crippen LogP contribution is 2.33. The minimum atomic E-state index is -3.35. The predicted molar refractivity (Wildman–Crippen MR) is 69.1 cm³/mol. The van der Waals surface area contributed by atoms with Crippen LogP contribution in [0.25, 0.3) is 0 Å². The Labute approximate surface area is 108 Å². The van der Waals surface area contributed by atoms with Crippen LogP contribution in [0.5, 0.6) is 0 Å². The maximum atomic E-state index is 12.0. The molecular formula is C13H16N2O2S. The summed E-state index contributed by atoms with van der Waals surface area (Å²) in [6, 6.07) is 8.90. The molecule has 0 saturated heterocycles. The van der Waals surface area contributed by atoms with Gasteiger partial charge in [0.1, 0.15) is 0 Å². The zero-order chi connectivity index (χ0) is 13.2. The molecule has 1 aliphatic rings. The Morgan fingerprint density at radius 3 is 2.78 bits per heavy atom. The number of hydrogen-bond acceptors (Lipinski definition) is 3. The Balaban J connectivity index is 2.06. The van der Waals surface area contributed by atoms with Crippen LogP contribution in [0.1, 0.15) is 30.9 Å². The lowest BCUT2D eigenvalue weighted by molar-refractivity contribution is 0.575. The van der Waals surface area contributed by atoms with Crippen LogP contribution in [0.2, 0.25) is 0 Å². The summed E-state index contributed by atoms with van der Waals surface area (Å²) in [6.07, 6.45) is 1.93. The molecule has 1 fully saturated rings. The van der Waals surface area contributed by atoms with E-state index in [1.165, 1.54) is 0 Å². The summed E-state index contributed by atoms with van der Waals surface area (Å²) in [5.41, 5.74) is 0.979. The Morgan fingerprint density at radius 1 is 1.44 bits per heavy atom. The molecule has 1 aromatic rings. The van der Waals surface area contributed by atoms with E-state index >= 15 is 0 Å². The van der Waals surface area contributed by atoms with E-state index in [1.54, 1.807) is 24.3 Å². The number of sulfonamides is 1. The average Bonchev–Trinajstić information content (AvgIpc) is 3.06. The SMILES string of the molecule is CCC1CC1NS(=O)(=O)Cc1ccccc1C#N. The van der Waals surface area contributed by atoms with E-state index in [2.05, 4.69) is 11.6 Å². The number of rotatable bonds is 5. The predicted octanol–water partition coefficient (Wildman–Crippen LogP) is 1.78. The zero-order valence-corrected chi connectivity index (χ0v) is 11.1. The van der Waals surface area contributed by atoms with E-state index in [9.17, 15) is 8.42 Å². The van der Waals surface area contributed by atoms with Gasteiger partial charge in [-0.3, -0.25) is 0 Å². The molecule has 0 spiro atoms. The van der Waals surface area contributed by atoms with E-state index < -0.39 is 10.0 Å². The second-order valence-electron chi connectivity index (χ2n) is 4.66. The van der Waals surface area contributed by atoms with Crippen LogP contribution in [0, 0.1) is 17.2 Å². The van der Waals surface area contributed by atoms with E-state index in [0.29, 0.717) is 17.0 Å². The third kappa shape index (κ3) is 3.09. The summed E-state index contributed by atoms with van der Waals surface area (Å²) in [7, 11) is -3.35. The van der Waals surface area contributed by atoms with Gasteiger partial charge in [0, 0.05) is 6.04 Å². The van der Waals surface area contributed by atoms with E-state index in [0.717, 1.165) is 12.8 Å². The minimum Gasteiger partial charge on any atom is -0.212 e. The van der Waals surface area contributed by atoms with Crippen molar-refractivity contribution >= 4 is 10.0 Å². The molecule has 4 nitrogen and oxygen atoms in total. The molecule has 1 saturated carbocycles. The summed E-state index contributed by atoms with van der Waals surface area (Å²) in [5.74, 6) is 0.356. The van der Waals surface area contributed by atoms with Crippen molar-refractivity contribution in [2.45, 2.75) is 31.6 Å². The van der Waals surface area contributed by atoms with Gasteiger partial charge in [-0.2, -0.15) is 5.26 Å². The van der Waals surface area contributed by atoms with Gasteiger partial charge < -0.3 is 0 Å². The monoisotopic (exact) mass is 264 g/mol. The smallest absolute Gasteiger partial charge is 0.212 e. The highest BCUT2D eigenvalue weighted by molar-refractivity contribution is 7.88. The standard InChI is InChI=1S/C13H16N2O2S/c1-2-10-7-13(10)15-18(16,17)9-12-6-4-3-5-11(12)8-14/h3-6,10,13,15H,2,7,9H2,1H3. The van der Waals surface area contributed by atoms with Crippen LogP contribution in [0.3, 0.4) is 0 Å². The first-order valence-electron chi connectivity index (χ1n) is 6.03. The average molecular weight is 264 g/mol. The molecule has 0 heterocycles. The number of nitrogens with zero attached hydrogens (tertiary/aromatic N) is 1. The number of hydrogen-bond donors (Lipinski definition) is 1. The van der Waals surface area contributed by atoms with Gasteiger partial charge in [0.25, 0.3) is 0 Å². The van der Waals surface area contributed by atoms with Crippen molar-refractivity contribution < 1.29 is 8.42 Å². The van der Waals surface area contributed by atoms with E-state index in [-0.39, 0.29) is 11.8 Å². The fraction of sp³-hybridized carbons (Fsp3) is 0.462. The molecule has 2 rings (SSSR count). The molecule has 0 aliphatic heterocycles. The van der Waals surface area contributed by atoms with Gasteiger partial charge in [0.2, 0.25) is 10.0 Å². The highest BCUT2D eigenvalue weighted by Gasteiger charge is 2.38. The maximum Gasteiger partial charge on any atom is 0.216 e. The van der Waals surface area contributed by atoms with Gasteiger partial charge in [-0.1, -0.05) is 31.5 Å². The van der Waals surface area contributed by atoms with Gasteiger partial charge in [0.15, 0.2) is 0 Å². The van der Waals surface area contributed by atoms with Crippen LogP contribution in [-0.4, -0.2) is 14.5 Å². The largest absolute Gasteiger partial charge is 0.216 e. The first-order valence-corrected chi connectivity index (χ1v) is 7.69. The van der Waals surface area contributed by atoms with Crippen LogP contribution >= 0.6 is 0 Å². The van der Waals surface area contributed by atoms with Gasteiger partial charge in [-0.05, 0) is 24.0 Å². The second-order valence-corrected chi connectivity index (χ2v) is 6.41. The lowest BCUT2D eigenvalue weighted by atomic mass is 10.1. The van der Waals surface area contributed by atoms with Crippen molar-refractivity contribution in [3.63, 3.8) is 0 Å². The van der Waals surface area contributed by atoms with Gasteiger partial charge in [-0.15, -0.1) is 0 Å². The zero-order valence-electron chi connectivity index (χ0n) is 10.3. The normalized spacial score (nSPS) is 22.4. The van der Waals surface area contributed by atoms with Gasteiger partial charge >= 0.3 is 0 Å². The summed E-state index contributed by atoms with van der Waals surface area (Å²) in [4.78, 5) is 0. The molecule has 96 valence electrons. The maximum absolute atomic E-state index is 12.0. The molecule has 0 aromatic heterocycles. The molecule has 1 aliphatic carbocycles. The molecule has 1 aromatic carbocycles. The van der Waals surface area contributed by atoms with Crippen molar-refractivity contribution in [1.29, 1.82) is 5.26 Å². The second kappa shape index (κ2) is 5.09. The third-order valence-corrected chi connectivity index (χ3v) is 4.61. The van der Waals surface area contributed by atoms with Crippen molar-refractivity contribution in [2.75, 3.05) is 0 Å². The van der Waals surface area contributed by atoms with Crippen LogP contribution < -0.4 is 4.72 Å². The fourth-order valence-electron chi connectivity index (χ4n) is 2.08. The Morgan fingerprint density at radius 2 is 2.17 bits per heavy atom. The molecule has 2 atom stereocenters. The summed E-state index contributed by atoms with van der Waals surface area (Å²) < 4.78 is 26.6.